The SMILES string of the molecule is COc1ccc(OC)c(CN2CCC(N)CC2)c1. The molecular weight excluding hydrogens is 228 g/mol. The zero-order valence-electron chi connectivity index (χ0n) is 11.2. The molecule has 4 nitrogen and oxygen atoms in total. The number of hydrogen-bond acceptors (Lipinski definition) is 4. The Morgan fingerprint density at radius 3 is 2.56 bits per heavy atom. The molecule has 0 bridgehead atoms. The van der Waals surface area contributed by atoms with Gasteiger partial charge in [0.05, 0.1) is 14.2 Å². The molecule has 100 valence electrons. The lowest BCUT2D eigenvalue weighted by Gasteiger charge is -2.30. The van der Waals surface area contributed by atoms with Gasteiger partial charge < -0.3 is 15.2 Å². The quantitative estimate of drug-likeness (QED) is 0.882. The Kier molecular flexibility index (Phi) is 4.44. The van der Waals surface area contributed by atoms with Crippen LogP contribution >= 0.6 is 0 Å². The highest BCUT2D eigenvalue weighted by Crippen LogP contribution is 2.26. The van der Waals surface area contributed by atoms with E-state index in [9.17, 15) is 0 Å². The van der Waals surface area contributed by atoms with E-state index >= 15 is 0 Å². The maximum atomic E-state index is 5.92. The average Bonchev–Trinajstić information content (AvgIpc) is 2.41. The van der Waals surface area contributed by atoms with Crippen molar-refractivity contribution in [2.75, 3.05) is 27.3 Å². The maximum Gasteiger partial charge on any atom is 0.123 e. The van der Waals surface area contributed by atoms with Gasteiger partial charge in [0.25, 0.3) is 0 Å². The molecule has 0 aromatic heterocycles. The first-order chi connectivity index (χ1) is 8.72. The standard InChI is InChI=1S/C14H22N2O2/c1-17-13-3-4-14(18-2)11(9-13)10-16-7-5-12(15)6-8-16/h3-4,9,12H,5-8,10,15H2,1-2H3. The highest BCUT2D eigenvalue weighted by Gasteiger charge is 2.17. The number of nitrogens with zero attached hydrogens (tertiary/aromatic N) is 1. The lowest BCUT2D eigenvalue weighted by molar-refractivity contribution is 0.203. The molecule has 1 heterocycles. The summed E-state index contributed by atoms with van der Waals surface area (Å²) in [5, 5.41) is 0. The van der Waals surface area contributed by atoms with Crippen LogP contribution in [0.2, 0.25) is 0 Å². The molecule has 0 saturated carbocycles. The molecule has 1 saturated heterocycles. The number of likely N-dealkylation sites (tertiary alicyclic amines) is 1. The fourth-order valence-electron chi connectivity index (χ4n) is 2.36. The van der Waals surface area contributed by atoms with Crippen molar-refractivity contribution in [2.24, 2.45) is 5.73 Å². The molecular formula is C14H22N2O2. The molecule has 1 fully saturated rings. The second kappa shape index (κ2) is 6.07. The van der Waals surface area contributed by atoms with Crippen molar-refractivity contribution in [2.45, 2.75) is 25.4 Å². The van der Waals surface area contributed by atoms with Crippen LogP contribution in [0.3, 0.4) is 0 Å². The van der Waals surface area contributed by atoms with Crippen molar-refractivity contribution in [1.82, 2.24) is 4.90 Å². The van der Waals surface area contributed by atoms with Crippen molar-refractivity contribution in [1.29, 1.82) is 0 Å². The molecule has 0 radical (unpaired) electrons. The molecule has 0 spiro atoms. The van der Waals surface area contributed by atoms with Gasteiger partial charge in [0.2, 0.25) is 0 Å². The fourth-order valence-corrected chi connectivity index (χ4v) is 2.36. The smallest absolute Gasteiger partial charge is 0.123 e. The molecule has 0 unspecified atom stereocenters. The summed E-state index contributed by atoms with van der Waals surface area (Å²) in [6.45, 7) is 3.01. The number of benzene rings is 1. The topological polar surface area (TPSA) is 47.7 Å². The molecule has 0 amide bonds. The summed E-state index contributed by atoms with van der Waals surface area (Å²) in [7, 11) is 3.39. The van der Waals surface area contributed by atoms with Crippen LogP contribution in [0.25, 0.3) is 0 Å². The van der Waals surface area contributed by atoms with Crippen molar-refractivity contribution >= 4 is 0 Å². The maximum absolute atomic E-state index is 5.92. The Bertz CT molecular complexity index is 387. The summed E-state index contributed by atoms with van der Waals surface area (Å²) in [5.41, 5.74) is 7.09. The molecule has 1 aromatic rings. The van der Waals surface area contributed by atoms with Crippen molar-refractivity contribution in [3.8, 4) is 11.5 Å². The van der Waals surface area contributed by atoms with E-state index in [-0.39, 0.29) is 0 Å². The third kappa shape index (κ3) is 3.15. The minimum absolute atomic E-state index is 0.369. The Balaban J connectivity index is 2.07. The number of ether oxygens (including phenoxy) is 2. The zero-order valence-corrected chi connectivity index (χ0v) is 11.2. The average molecular weight is 250 g/mol. The van der Waals surface area contributed by atoms with E-state index in [1.807, 2.05) is 18.2 Å². The summed E-state index contributed by atoms with van der Waals surface area (Å²) in [4.78, 5) is 2.42. The lowest BCUT2D eigenvalue weighted by atomic mass is 10.0. The van der Waals surface area contributed by atoms with Crippen molar-refractivity contribution in [3.63, 3.8) is 0 Å². The molecule has 1 aromatic carbocycles. The van der Waals surface area contributed by atoms with Crippen LogP contribution < -0.4 is 15.2 Å². The van der Waals surface area contributed by atoms with Crippen molar-refractivity contribution < 1.29 is 9.47 Å². The Morgan fingerprint density at radius 2 is 1.94 bits per heavy atom. The van der Waals surface area contributed by atoms with Gasteiger partial charge in [-0.25, -0.2) is 0 Å². The molecule has 0 atom stereocenters. The number of methoxy groups -OCH3 is 2. The highest BCUT2D eigenvalue weighted by atomic mass is 16.5. The van der Waals surface area contributed by atoms with Gasteiger partial charge in [0.15, 0.2) is 0 Å². The summed E-state index contributed by atoms with van der Waals surface area (Å²) >= 11 is 0. The van der Waals surface area contributed by atoms with Crippen LogP contribution in [0, 0.1) is 0 Å². The Hall–Kier alpha value is -1.26. The predicted molar refractivity (Wildman–Crippen MR) is 72.0 cm³/mol. The number of nitrogens with two attached hydrogens (primary N) is 1. The van der Waals surface area contributed by atoms with Gasteiger partial charge in [-0.1, -0.05) is 0 Å². The van der Waals surface area contributed by atoms with E-state index in [4.69, 9.17) is 15.2 Å². The molecule has 1 aliphatic rings. The molecule has 0 aliphatic carbocycles. The number of rotatable bonds is 4. The molecule has 2 N–H and O–H groups in total. The van der Waals surface area contributed by atoms with E-state index in [2.05, 4.69) is 4.90 Å². The summed E-state index contributed by atoms with van der Waals surface area (Å²) in [5.74, 6) is 1.80. The summed E-state index contributed by atoms with van der Waals surface area (Å²) in [6, 6.07) is 6.31. The number of hydrogen-bond donors (Lipinski definition) is 1. The van der Waals surface area contributed by atoms with Gasteiger partial charge in [-0.05, 0) is 44.1 Å². The lowest BCUT2D eigenvalue weighted by Crippen LogP contribution is -2.39. The highest BCUT2D eigenvalue weighted by molar-refractivity contribution is 5.40. The normalized spacial score (nSPS) is 17.7. The van der Waals surface area contributed by atoms with Crippen LogP contribution in [-0.4, -0.2) is 38.3 Å². The van der Waals surface area contributed by atoms with Gasteiger partial charge in [-0.3, -0.25) is 4.90 Å². The second-order valence-electron chi connectivity index (χ2n) is 4.79. The third-order valence-corrected chi connectivity index (χ3v) is 3.51. The minimum Gasteiger partial charge on any atom is -0.497 e. The predicted octanol–water partition coefficient (Wildman–Crippen LogP) is 1.63. The molecule has 4 heteroatoms. The zero-order chi connectivity index (χ0) is 13.0. The first-order valence-corrected chi connectivity index (χ1v) is 6.41. The molecule has 18 heavy (non-hydrogen) atoms. The van der Waals surface area contributed by atoms with E-state index in [0.717, 1.165) is 44.0 Å². The van der Waals surface area contributed by atoms with Crippen LogP contribution in [0.4, 0.5) is 0 Å². The van der Waals surface area contributed by atoms with Crippen LogP contribution in [0.15, 0.2) is 18.2 Å². The van der Waals surface area contributed by atoms with Gasteiger partial charge >= 0.3 is 0 Å². The van der Waals surface area contributed by atoms with Gasteiger partial charge in [0, 0.05) is 18.2 Å². The van der Waals surface area contributed by atoms with Crippen LogP contribution in [0.5, 0.6) is 11.5 Å². The Morgan fingerprint density at radius 1 is 1.22 bits per heavy atom. The van der Waals surface area contributed by atoms with Gasteiger partial charge in [-0.2, -0.15) is 0 Å². The van der Waals surface area contributed by atoms with E-state index in [0.29, 0.717) is 6.04 Å². The van der Waals surface area contributed by atoms with Crippen molar-refractivity contribution in [3.05, 3.63) is 23.8 Å². The van der Waals surface area contributed by atoms with Gasteiger partial charge in [0.1, 0.15) is 11.5 Å². The van der Waals surface area contributed by atoms with Crippen LogP contribution in [0.1, 0.15) is 18.4 Å². The Labute approximate surface area is 109 Å². The van der Waals surface area contributed by atoms with E-state index < -0.39 is 0 Å². The molecule has 2 rings (SSSR count). The largest absolute Gasteiger partial charge is 0.497 e. The monoisotopic (exact) mass is 250 g/mol. The fraction of sp³-hybridized carbons (Fsp3) is 0.571. The van der Waals surface area contributed by atoms with E-state index in [1.54, 1.807) is 14.2 Å². The third-order valence-electron chi connectivity index (χ3n) is 3.51. The minimum atomic E-state index is 0.369. The van der Waals surface area contributed by atoms with Gasteiger partial charge in [-0.15, -0.1) is 0 Å². The number of piperidine rings is 1. The van der Waals surface area contributed by atoms with Crippen LogP contribution in [-0.2, 0) is 6.54 Å². The molecule has 1 aliphatic heterocycles. The summed E-state index contributed by atoms with van der Waals surface area (Å²) in [6.07, 6.45) is 2.15. The first kappa shape index (κ1) is 13.2. The summed E-state index contributed by atoms with van der Waals surface area (Å²) < 4.78 is 10.7. The first-order valence-electron chi connectivity index (χ1n) is 6.41. The second-order valence-corrected chi connectivity index (χ2v) is 4.79. The van der Waals surface area contributed by atoms with E-state index in [1.165, 1.54) is 5.56 Å².